The molecule has 1 unspecified atom stereocenters. The number of aromatic nitrogens is 1. The van der Waals surface area contributed by atoms with Crippen molar-refractivity contribution in [3.63, 3.8) is 0 Å². The van der Waals surface area contributed by atoms with Crippen LogP contribution in [-0.4, -0.2) is 10.9 Å². The number of benzene rings is 1. The second-order valence-electron chi connectivity index (χ2n) is 5.28. The van der Waals surface area contributed by atoms with Gasteiger partial charge in [0.2, 0.25) is 5.91 Å². The molecule has 2 rings (SSSR count). The first kappa shape index (κ1) is 17.0. The molecule has 118 valence electrons. The number of anilines is 1. The van der Waals surface area contributed by atoms with Gasteiger partial charge < -0.3 is 5.32 Å². The van der Waals surface area contributed by atoms with Gasteiger partial charge >= 0.3 is 0 Å². The Hall–Kier alpha value is -2.39. The van der Waals surface area contributed by atoms with Crippen LogP contribution in [0.5, 0.6) is 0 Å². The molecular weight excluding hydrogens is 308 g/mol. The molecule has 0 fully saturated rings. The van der Waals surface area contributed by atoms with E-state index in [1.54, 1.807) is 18.3 Å². The van der Waals surface area contributed by atoms with Gasteiger partial charge in [0.15, 0.2) is 0 Å². The number of nitrogens with one attached hydrogen (secondary N) is 1. The fourth-order valence-electron chi connectivity index (χ4n) is 2.37. The van der Waals surface area contributed by atoms with E-state index >= 15 is 0 Å². The molecule has 0 aliphatic carbocycles. The molecule has 4 heteroatoms. The maximum absolute atomic E-state index is 12.2. The lowest BCUT2D eigenvalue weighted by Gasteiger charge is -2.14. The number of carbonyl (C=O) groups is 1. The van der Waals surface area contributed by atoms with Crippen LogP contribution in [0, 0.1) is 0 Å². The molecule has 0 spiro atoms. The first-order valence-electron chi connectivity index (χ1n) is 7.34. The molecular formula is C19H19ClN2O. The van der Waals surface area contributed by atoms with Gasteiger partial charge in [-0.05, 0) is 29.7 Å². The van der Waals surface area contributed by atoms with Gasteiger partial charge in [0, 0.05) is 17.0 Å². The molecule has 0 saturated carbocycles. The number of pyridine rings is 1. The summed E-state index contributed by atoms with van der Waals surface area (Å²) in [6, 6.07) is 9.40. The Labute approximate surface area is 141 Å². The monoisotopic (exact) mass is 326 g/mol. The Balaban J connectivity index is 2.06. The van der Waals surface area contributed by atoms with E-state index in [1.807, 2.05) is 37.3 Å². The van der Waals surface area contributed by atoms with E-state index in [4.69, 9.17) is 11.6 Å². The molecule has 0 bridgehead atoms. The van der Waals surface area contributed by atoms with Crippen LogP contribution in [0.1, 0.15) is 36.1 Å². The van der Waals surface area contributed by atoms with Crippen molar-refractivity contribution < 1.29 is 4.79 Å². The number of nitrogens with zero attached hydrogens (tertiary/aromatic N) is 1. The highest BCUT2D eigenvalue weighted by molar-refractivity contribution is 6.31. The normalized spacial score (nSPS) is 11.6. The standard InChI is InChI=1S/C19H19ClN2O/c1-4-14-11-15(12-21-18(14)5-2)22-19(23)10-13(3)16-8-6-7-9-17(16)20/h4-9,11-13H,1-2,10H2,3H3,(H,22,23). The lowest BCUT2D eigenvalue weighted by Crippen LogP contribution is -2.15. The zero-order valence-electron chi connectivity index (χ0n) is 13.1. The lowest BCUT2D eigenvalue weighted by molar-refractivity contribution is -0.116. The summed E-state index contributed by atoms with van der Waals surface area (Å²) in [6.45, 7) is 9.42. The van der Waals surface area contributed by atoms with E-state index in [-0.39, 0.29) is 11.8 Å². The summed E-state index contributed by atoms with van der Waals surface area (Å²) in [5.74, 6) is -0.0523. The lowest BCUT2D eigenvalue weighted by atomic mass is 9.97. The van der Waals surface area contributed by atoms with Crippen LogP contribution < -0.4 is 5.32 Å². The van der Waals surface area contributed by atoms with Gasteiger partial charge in [0.25, 0.3) is 0 Å². The number of amides is 1. The number of halogens is 1. The molecule has 1 N–H and O–H groups in total. The van der Waals surface area contributed by atoms with Crippen LogP contribution in [0.3, 0.4) is 0 Å². The summed E-state index contributed by atoms with van der Waals surface area (Å²) in [5.41, 5.74) is 3.18. The van der Waals surface area contributed by atoms with Crippen molar-refractivity contribution in [1.82, 2.24) is 4.98 Å². The minimum atomic E-state index is -0.0828. The van der Waals surface area contributed by atoms with E-state index in [0.29, 0.717) is 17.1 Å². The van der Waals surface area contributed by atoms with Crippen molar-refractivity contribution in [3.8, 4) is 0 Å². The average Bonchev–Trinajstić information content (AvgIpc) is 2.54. The van der Waals surface area contributed by atoms with Crippen LogP contribution >= 0.6 is 11.6 Å². The number of carbonyl (C=O) groups excluding carboxylic acids is 1. The Kier molecular flexibility index (Phi) is 5.72. The molecule has 1 heterocycles. The van der Waals surface area contributed by atoms with Crippen molar-refractivity contribution >= 4 is 35.3 Å². The highest BCUT2D eigenvalue weighted by Gasteiger charge is 2.14. The Morgan fingerprint density at radius 2 is 2.09 bits per heavy atom. The fourth-order valence-corrected chi connectivity index (χ4v) is 2.69. The molecule has 0 saturated heterocycles. The summed E-state index contributed by atoms with van der Waals surface area (Å²) >= 11 is 6.17. The van der Waals surface area contributed by atoms with E-state index < -0.39 is 0 Å². The van der Waals surface area contributed by atoms with E-state index in [9.17, 15) is 4.79 Å². The molecule has 0 aliphatic heterocycles. The molecule has 1 aromatic carbocycles. The van der Waals surface area contributed by atoms with Crippen LogP contribution in [0.15, 0.2) is 49.7 Å². The minimum Gasteiger partial charge on any atom is -0.325 e. The second kappa shape index (κ2) is 7.75. The van der Waals surface area contributed by atoms with Crippen LogP contribution in [0.2, 0.25) is 5.02 Å². The quantitative estimate of drug-likeness (QED) is 0.797. The van der Waals surface area contributed by atoms with Gasteiger partial charge in [-0.2, -0.15) is 0 Å². The first-order valence-corrected chi connectivity index (χ1v) is 7.72. The van der Waals surface area contributed by atoms with Crippen molar-refractivity contribution in [1.29, 1.82) is 0 Å². The summed E-state index contributed by atoms with van der Waals surface area (Å²) in [7, 11) is 0. The molecule has 1 aromatic heterocycles. The third-order valence-electron chi connectivity index (χ3n) is 3.57. The molecule has 1 atom stereocenters. The van der Waals surface area contributed by atoms with Crippen LogP contribution in [0.4, 0.5) is 5.69 Å². The van der Waals surface area contributed by atoms with Crippen molar-refractivity contribution in [2.24, 2.45) is 0 Å². The van der Waals surface area contributed by atoms with Crippen LogP contribution in [0.25, 0.3) is 12.2 Å². The Bertz CT molecular complexity index is 740. The van der Waals surface area contributed by atoms with Gasteiger partial charge in [-0.25, -0.2) is 0 Å². The highest BCUT2D eigenvalue weighted by atomic mass is 35.5. The van der Waals surface area contributed by atoms with E-state index in [0.717, 1.165) is 16.8 Å². The first-order chi connectivity index (χ1) is 11.0. The highest BCUT2D eigenvalue weighted by Crippen LogP contribution is 2.27. The third kappa shape index (κ3) is 4.30. The molecule has 23 heavy (non-hydrogen) atoms. The summed E-state index contributed by atoms with van der Waals surface area (Å²) in [5, 5.41) is 3.54. The van der Waals surface area contributed by atoms with Crippen molar-refractivity contribution in [3.05, 3.63) is 71.5 Å². The zero-order valence-corrected chi connectivity index (χ0v) is 13.8. The molecule has 3 nitrogen and oxygen atoms in total. The maximum Gasteiger partial charge on any atom is 0.225 e. The minimum absolute atomic E-state index is 0.0305. The van der Waals surface area contributed by atoms with Crippen molar-refractivity contribution in [2.45, 2.75) is 19.3 Å². The van der Waals surface area contributed by atoms with Gasteiger partial charge in [0.05, 0.1) is 17.6 Å². The second-order valence-corrected chi connectivity index (χ2v) is 5.69. The Morgan fingerprint density at radius 3 is 2.74 bits per heavy atom. The summed E-state index contributed by atoms with van der Waals surface area (Å²) < 4.78 is 0. The Morgan fingerprint density at radius 1 is 1.35 bits per heavy atom. The van der Waals surface area contributed by atoms with Gasteiger partial charge in [-0.3, -0.25) is 9.78 Å². The topological polar surface area (TPSA) is 42.0 Å². The smallest absolute Gasteiger partial charge is 0.225 e. The van der Waals surface area contributed by atoms with E-state index in [1.165, 1.54) is 0 Å². The fraction of sp³-hybridized carbons (Fsp3) is 0.158. The SMILES string of the molecule is C=Cc1cc(NC(=O)CC(C)c2ccccc2Cl)cnc1C=C. The number of rotatable bonds is 6. The van der Waals surface area contributed by atoms with Gasteiger partial charge in [-0.1, -0.05) is 56.0 Å². The van der Waals surface area contributed by atoms with E-state index in [2.05, 4.69) is 23.5 Å². The average molecular weight is 327 g/mol. The number of hydrogen-bond acceptors (Lipinski definition) is 2. The zero-order chi connectivity index (χ0) is 16.8. The predicted octanol–water partition coefficient (Wildman–Crippen LogP) is 5.15. The predicted molar refractivity (Wildman–Crippen MR) is 97.5 cm³/mol. The van der Waals surface area contributed by atoms with Gasteiger partial charge in [-0.15, -0.1) is 0 Å². The van der Waals surface area contributed by atoms with Crippen LogP contribution in [-0.2, 0) is 4.79 Å². The summed E-state index contributed by atoms with van der Waals surface area (Å²) in [6.07, 6.45) is 5.30. The molecule has 2 aromatic rings. The summed E-state index contributed by atoms with van der Waals surface area (Å²) in [4.78, 5) is 16.5. The third-order valence-corrected chi connectivity index (χ3v) is 3.92. The number of hydrogen-bond donors (Lipinski definition) is 1. The van der Waals surface area contributed by atoms with Crippen molar-refractivity contribution in [2.75, 3.05) is 5.32 Å². The van der Waals surface area contributed by atoms with Gasteiger partial charge in [0.1, 0.15) is 0 Å². The molecule has 0 aliphatic rings. The molecule has 0 radical (unpaired) electrons. The maximum atomic E-state index is 12.2. The largest absolute Gasteiger partial charge is 0.325 e. The molecule has 1 amide bonds.